The van der Waals surface area contributed by atoms with Gasteiger partial charge in [0.2, 0.25) is 0 Å². The second kappa shape index (κ2) is 5.72. The topological polar surface area (TPSA) is 26.3 Å². The lowest BCUT2D eigenvalue weighted by Crippen LogP contribution is -2.23. The first-order chi connectivity index (χ1) is 10.1. The summed E-state index contributed by atoms with van der Waals surface area (Å²) in [5, 5.41) is 0. The molecule has 1 aliphatic carbocycles. The Bertz CT molecular complexity index is 583. The summed E-state index contributed by atoms with van der Waals surface area (Å²) in [7, 11) is 0. The number of hydrogen-bond donors (Lipinski definition) is 0. The van der Waals surface area contributed by atoms with Gasteiger partial charge in [0.15, 0.2) is 0 Å². The molecule has 0 unspecified atom stereocenters. The van der Waals surface area contributed by atoms with Crippen LogP contribution in [0.5, 0.6) is 5.75 Å². The molecular weight excluding hydrogens is 272 g/mol. The molecule has 0 amide bonds. The minimum absolute atomic E-state index is 0.0287. The predicted octanol–water partition coefficient (Wildman–Crippen LogP) is 5.09. The number of ether oxygens (including phenoxy) is 1. The van der Waals surface area contributed by atoms with E-state index in [-0.39, 0.29) is 16.8 Å². The molecule has 0 atom stereocenters. The molecule has 2 rings (SSSR count). The lowest BCUT2D eigenvalue weighted by Gasteiger charge is -2.31. The van der Waals surface area contributed by atoms with Crippen molar-refractivity contribution in [1.82, 2.24) is 0 Å². The van der Waals surface area contributed by atoms with E-state index in [0.717, 1.165) is 18.6 Å². The lowest BCUT2D eigenvalue weighted by atomic mass is 9.76. The molecule has 1 aliphatic rings. The number of carbonyl (C=O) groups excluding carboxylic acids is 1. The minimum atomic E-state index is -0.144. The molecule has 0 aromatic heterocycles. The highest BCUT2D eigenvalue weighted by Crippen LogP contribution is 2.45. The van der Waals surface area contributed by atoms with Gasteiger partial charge in [-0.2, -0.15) is 0 Å². The largest absolute Gasteiger partial charge is 0.426 e. The maximum atomic E-state index is 12.0. The zero-order valence-electron chi connectivity index (χ0n) is 15.2. The Morgan fingerprint density at radius 2 is 1.73 bits per heavy atom. The normalized spacial score (nSPS) is 14.9. The van der Waals surface area contributed by atoms with Crippen LogP contribution in [0.2, 0.25) is 0 Å². The van der Waals surface area contributed by atoms with Gasteiger partial charge in [-0.25, -0.2) is 0 Å². The van der Waals surface area contributed by atoms with Gasteiger partial charge in [0.1, 0.15) is 5.75 Å². The fourth-order valence-corrected chi connectivity index (χ4v) is 3.37. The maximum absolute atomic E-state index is 12.0. The van der Waals surface area contributed by atoms with Crippen LogP contribution in [0.25, 0.3) is 0 Å². The number of esters is 1. The van der Waals surface area contributed by atoms with Crippen LogP contribution in [0.1, 0.15) is 83.6 Å². The van der Waals surface area contributed by atoms with Gasteiger partial charge >= 0.3 is 5.97 Å². The molecule has 0 bridgehead atoms. The quantitative estimate of drug-likeness (QED) is 0.562. The van der Waals surface area contributed by atoms with Crippen LogP contribution in [0, 0.1) is 0 Å². The number of aryl methyl sites for hydroxylation is 1. The highest BCUT2D eigenvalue weighted by molar-refractivity contribution is 5.74. The fourth-order valence-electron chi connectivity index (χ4n) is 3.37. The van der Waals surface area contributed by atoms with Crippen molar-refractivity contribution in [2.24, 2.45) is 0 Å². The molecule has 0 heterocycles. The Kier molecular flexibility index (Phi) is 4.43. The number of rotatable bonds is 2. The van der Waals surface area contributed by atoms with E-state index in [1.165, 1.54) is 28.7 Å². The van der Waals surface area contributed by atoms with Crippen LogP contribution in [0.15, 0.2) is 6.07 Å². The molecule has 0 aliphatic heterocycles. The van der Waals surface area contributed by atoms with Crippen LogP contribution in [-0.2, 0) is 28.5 Å². The van der Waals surface area contributed by atoms with E-state index in [0.29, 0.717) is 6.42 Å². The first kappa shape index (κ1) is 17.1. The number of benzene rings is 1. The van der Waals surface area contributed by atoms with Crippen molar-refractivity contribution >= 4 is 5.97 Å². The SMILES string of the molecule is CCC(=O)Oc1c(C(C)(C)C)cc2c(c1C(C)(C)C)CCC2. The average molecular weight is 302 g/mol. The molecule has 0 radical (unpaired) electrons. The van der Waals surface area contributed by atoms with Gasteiger partial charge in [-0.3, -0.25) is 4.79 Å². The molecule has 0 saturated heterocycles. The van der Waals surface area contributed by atoms with Crippen LogP contribution >= 0.6 is 0 Å². The number of hydrogen-bond acceptors (Lipinski definition) is 2. The summed E-state index contributed by atoms with van der Waals surface area (Å²) in [5.74, 6) is 0.682. The molecule has 22 heavy (non-hydrogen) atoms. The highest BCUT2D eigenvalue weighted by atomic mass is 16.5. The van der Waals surface area contributed by atoms with Crippen molar-refractivity contribution in [1.29, 1.82) is 0 Å². The Morgan fingerprint density at radius 3 is 2.23 bits per heavy atom. The van der Waals surface area contributed by atoms with Crippen LogP contribution in [0.3, 0.4) is 0 Å². The summed E-state index contributed by atoms with van der Waals surface area (Å²) >= 11 is 0. The summed E-state index contributed by atoms with van der Waals surface area (Å²) in [6, 6.07) is 2.29. The summed E-state index contributed by atoms with van der Waals surface area (Å²) in [6.07, 6.45) is 3.85. The molecule has 0 saturated carbocycles. The Labute approximate surface area is 135 Å². The molecule has 122 valence electrons. The zero-order valence-corrected chi connectivity index (χ0v) is 15.2. The molecule has 0 N–H and O–H groups in total. The molecule has 2 nitrogen and oxygen atoms in total. The van der Waals surface area contributed by atoms with Gasteiger partial charge < -0.3 is 4.74 Å². The second-order valence-corrected chi connectivity index (χ2v) is 8.45. The Hall–Kier alpha value is -1.31. The van der Waals surface area contributed by atoms with Crippen LogP contribution in [-0.4, -0.2) is 5.97 Å². The van der Waals surface area contributed by atoms with Gasteiger partial charge in [-0.15, -0.1) is 0 Å². The molecular formula is C20H30O2. The maximum Gasteiger partial charge on any atom is 0.310 e. The Balaban J connectivity index is 2.77. The summed E-state index contributed by atoms with van der Waals surface area (Å²) < 4.78 is 5.87. The predicted molar refractivity (Wildman–Crippen MR) is 91.8 cm³/mol. The van der Waals surface area contributed by atoms with E-state index >= 15 is 0 Å². The van der Waals surface area contributed by atoms with Crippen molar-refractivity contribution in [2.75, 3.05) is 0 Å². The summed E-state index contributed by atoms with van der Waals surface area (Å²) in [4.78, 5) is 12.0. The molecule has 1 aromatic carbocycles. The van der Waals surface area contributed by atoms with E-state index in [4.69, 9.17) is 4.74 Å². The highest BCUT2D eigenvalue weighted by Gasteiger charge is 2.33. The van der Waals surface area contributed by atoms with E-state index < -0.39 is 0 Å². The third kappa shape index (κ3) is 3.21. The van der Waals surface area contributed by atoms with Gasteiger partial charge in [0.05, 0.1) is 0 Å². The lowest BCUT2D eigenvalue weighted by molar-refractivity contribution is -0.134. The van der Waals surface area contributed by atoms with Gasteiger partial charge in [-0.05, 0) is 41.2 Å². The zero-order chi connectivity index (χ0) is 16.7. The summed E-state index contributed by atoms with van der Waals surface area (Å²) in [6.45, 7) is 15.1. The monoisotopic (exact) mass is 302 g/mol. The number of carbonyl (C=O) groups is 1. The smallest absolute Gasteiger partial charge is 0.310 e. The second-order valence-electron chi connectivity index (χ2n) is 8.45. The first-order valence-corrected chi connectivity index (χ1v) is 8.46. The third-order valence-corrected chi connectivity index (χ3v) is 4.42. The van der Waals surface area contributed by atoms with Crippen molar-refractivity contribution < 1.29 is 9.53 Å². The van der Waals surface area contributed by atoms with Crippen LogP contribution < -0.4 is 4.74 Å². The van der Waals surface area contributed by atoms with E-state index in [2.05, 4.69) is 47.6 Å². The Morgan fingerprint density at radius 1 is 1.09 bits per heavy atom. The third-order valence-electron chi connectivity index (χ3n) is 4.42. The van der Waals surface area contributed by atoms with Crippen molar-refractivity contribution in [3.05, 3.63) is 28.3 Å². The van der Waals surface area contributed by atoms with Crippen LogP contribution in [0.4, 0.5) is 0 Å². The fraction of sp³-hybridized carbons (Fsp3) is 0.650. The van der Waals surface area contributed by atoms with E-state index in [1.54, 1.807) is 0 Å². The number of fused-ring (bicyclic) bond motifs is 1. The average Bonchev–Trinajstić information content (AvgIpc) is 2.82. The van der Waals surface area contributed by atoms with Crippen molar-refractivity contribution in [3.63, 3.8) is 0 Å². The molecule has 0 fully saturated rings. The van der Waals surface area contributed by atoms with Gasteiger partial charge in [0, 0.05) is 17.5 Å². The van der Waals surface area contributed by atoms with Gasteiger partial charge in [0.25, 0.3) is 0 Å². The van der Waals surface area contributed by atoms with Gasteiger partial charge in [-0.1, -0.05) is 54.5 Å². The molecule has 1 aromatic rings. The standard InChI is InChI=1S/C20H30O2/c1-8-16(21)22-18-15(19(2,3)4)12-13-10-9-11-14(13)17(18)20(5,6)7/h12H,8-11H2,1-7H3. The van der Waals surface area contributed by atoms with Crippen molar-refractivity contribution in [2.45, 2.75) is 85.0 Å². The van der Waals surface area contributed by atoms with E-state index in [1.807, 2.05) is 6.92 Å². The van der Waals surface area contributed by atoms with E-state index in [9.17, 15) is 4.79 Å². The molecule has 0 spiro atoms. The first-order valence-electron chi connectivity index (χ1n) is 8.46. The van der Waals surface area contributed by atoms with Crippen molar-refractivity contribution in [3.8, 4) is 5.75 Å². The summed E-state index contributed by atoms with van der Waals surface area (Å²) in [5.41, 5.74) is 5.21. The molecule has 2 heteroatoms. The minimum Gasteiger partial charge on any atom is -0.426 e.